The van der Waals surface area contributed by atoms with Crippen molar-refractivity contribution in [2.45, 2.75) is 59.3 Å². The standard InChI is InChI=1S/C14H32OP.C2N3/c1-5-8-11-16(14-15-4,12-9-6-2)13-10-7-3;3-1-5-2-4/h5-14H2,1-4H3;/q+1;-1. The molecular formula is C16H32N3OP. The molecule has 0 unspecified atom stereocenters. The molecule has 0 fully saturated rings. The summed E-state index contributed by atoms with van der Waals surface area (Å²) in [6.45, 7) is 6.92. The van der Waals surface area contributed by atoms with Gasteiger partial charge in [0.15, 0.2) is 6.35 Å². The van der Waals surface area contributed by atoms with Crippen molar-refractivity contribution in [1.82, 2.24) is 0 Å². The molecule has 0 heterocycles. The Morgan fingerprint density at radius 1 is 1.00 bits per heavy atom. The van der Waals surface area contributed by atoms with Crippen molar-refractivity contribution < 1.29 is 4.74 Å². The smallest absolute Gasteiger partial charge is 0.156 e. The third-order valence-corrected chi connectivity index (χ3v) is 8.06. The molecule has 0 N–H and O–H groups in total. The molecule has 0 radical (unpaired) electrons. The Morgan fingerprint density at radius 3 is 1.62 bits per heavy atom. The van der Waals surface area contributed by atoms with Crippen LogP contribution in [0, 0.1) is 11.5 Å². The van der Waals surface area contributed by atoms with Gasteiger partial charge in [-0.2, -0.15) is 5.26 Å². The van der Waals surface area contributed by atoms with Gasteiger partial charge in [0.05, 0.1) is 24.7 Å². The zero-order chi connectivity index (χ0) is 16.4. The molecule has 122 valence electrons. The first-order chi connectivity index (χ1) is 10.2. The second kappa shape index (κ2) is 17.3. The molecule has 0 spiro atoms. The van der Waals surface area contributed by atoms with Crippen LogP contribution in [0.2, 0.25) is 0 Å². The highest BCUT2D eigenvalue weighted by Gasteiger charge is 2.35. The van der Waals surface area contributed by atoms with Crippen LogP contribution in [0.1, 0.15) is 59.3 Å². The van der Waals surface area contributed by atoms with Crippen molar-refractivity contribution >= 4 is 13.3 Å². The number of hydrogen-bond acceptors (Lipinski definition) is 3. The molecule has 0 atom stereocenters. The predicted molar refractivity (Wildman–Crippen MR) is 94.5 cm³/mol. The molecule has 0 bridgehead atoms. The minimum absolute atomic E-state index is 0.768. The van der Waals surface area contributed by atoms with Crippen LogP contribution >= 0.6 is 7.26 Å². The van der Waals surface area contributed by atoms with Gasteiger partial charge in [-0.25, -0.2) is 0 Å². The molecule has 0 aliphatic carbocycles. The number of ether oxygens (including phenoxy) is 1. The molecule has 0 aromatic rings. The Bertz CT molecular complexity index is 287. The van der Waals surface area contributed by atoms with Crippen molar-refractivity contribution in [2.75, 3.05) is 31.9 Å². The fraction of sp³-hybridized carbons (Fsp3) is 0.875. The lowest BCUT2D eigenvalue weighted by molar-refractivity contribution is 0.252. The number of hydrogen-bond donors (Lipinski definition) is 0. The van der Waals surface area contributed by atoms with E-state index in [-0.39, 0.29) is 0 Å². The minimum atomic E-state index is -0.768. The Balaban J connectivity index is 0. The van der Waals surface area contributed by atoms with Gasteiger partial charge in [-0.3, -0.25) is 0 Å². The van der Waals surface area contributed by atoms with E-state index >= 15 is 0 Å². The lowest BCUT2D eigenvalue weighted by Gasteiger charge is -2.26. The number of nitrogens with zero attached hydrogens (tertiary/aromatic N) is 3. The summed E-state index contributed by atoms with van der Waals surface area (Å²) in [6, 6.07) is 1.28. The zero-order valence-corrected chi connectivity index (χ0v) is 15.2. The van der Waals surface area contributed by atoms with Gasteiger partial charge >= 0.3 is 0 Å². The molecule has 0 aromatic heterocycles. The van der Waals surface area contributed by atoms with E-state index in [0.29, 0.717) is 0 Å². The number of nitriles is 1. The molecule has 0 aliphatic rings. The van der Waals surface area contributed by atoms with E-state index in [2.05, 4.69) is 25.8 Å². The highest BCUT2D eigenvalue weighted by atomic mass is 31.2. The Hall–Kier alpha value is -0.740. The van der Waals surface area contributed by atoms with Gasteiger partial charge in [0.1, 0.15) is 0 Å². The summed E-state index contributed by atoms with van der Waals surface area (Å²) in [6.07, 6.45) is 15.0. The van der Waals surface area contributed by atoms with Crippen LogP contribution in [0.25, 0.3) is 5.41 Å². The van der Waals surface area contributed by atoms with E-state index in [1.165, 1.54) is 69.2 Å². The molecule has 0 aliphatic heterocycles. The SMILES string of the molecule is CCCC[P+](CCCC)(CCCC)COC.N#CN=C=[N-]. The summed E-state index contributed by atoms with van der Waals surface area (Å²) >= 11 is 0. The van der Waals surface area contributed by atoms with Gasteiger partial charge < -0.3 is 15.1 Å². The third kappa shape index (κ3) is 14.0. The minimum Gasteiger partial charge on any atom is -0.422 e. The fourth-order valence-electron chi connectivity index (χ4n) is 2.31. The monoisotopic (exact) mass is 313 g/mol. The molecule has 0 saturated carbocycles. The van der Waals surface area contributed by atoms with Crippen LogP contribution in [0.15, 0.2) is 4.99 Å². The predicted octanol–water partition coefficient (Wildman–Crippen LogP) is 5.22. The first kappa shape index (κ1) is 22.5. The molecule has 0 rings (SSSR count). The lowest BCUT2D eigenvalue weighted by atomic mass is 10.4. The van der Waals surface area contributed by atoms with Crippen LogP contribution in [0.5, 0.6) is 0 Å². The molecule has 0 aromatic carbocycles. The third-order valence-electron chi connectivity index (χ3n) is 3.46. The maximum absolute atomic E-state index is 7.43. The molecule has 21 heavy (non-hydrogen) atoms. The van der Waals surface area contributed by atoms with Gasteiger partial charge in [0, 0.05) is 14.4 Å². The van der Waals surface area contributed by atoms with Crippen LogP contribution in [-0.4, -0.2) is 38.0 Å². The normalized spacial score (nSPS) is 10.0. The molecule has 4 nitrogen and oxygen atoms in total. The van der Waals surface area contributed by atoms with E-state index in [1.54, 1.807) is 0 Å². The van der Waals surface area contributed by atoms with Crippen molar-refractivity contribution in [2.24, 2.45) is 4.99 Å². The fourth-order valence-corrected chi connectivity index (χ4v) is 6.87. The van der Waals surface area contributed by atoms with Gasteiger partial charge in [-0.05, 0) is 19.3 Å². The quantitative estimate of drug-likeness (QED) is 0.298. The maximum Gasteiger partial charge on any atom is 0.156 e. The molecule has 5 heteroatoms. The maximum atomic E-state index is 7.43. The van der Waals surface area contributed by atoms with Crippen molar-refractivity contribution in [3.63, 3.8) is 0 Å². The van der Waals surface area contributed by atoms with Gasteiger partial charge in [-0.15, -0.1) is 6.01 Å². The van der Waals surface area contributed by atoms with E-state index in [1.807, 2.05) is 7.11 Å². The van der Waals surface area contributed by atoms with E-state index < -0.39 is 7.26 Å². The highest BCUT2D eigenvalue weighted by molar-refractivity contribution is 7.75. The molecule has 0 saturated heterocycles. The topological polar surface area (TPSA) is 67.7 Å². The van der Waals surface area contributed by atoms with Crippen molar-refractivity contribution in [3.8, 4) is 6.19 Å². The van der Waals surface area contributed by atoms with Gasteiger partial charge in [-0.1, -0.05) is 40.0 Å². The van der Waals surface area contributed by atoms with E-state index in [4.69, 9.17) is 15.4 Å². The summed E-state index contributed by atoms with van der Waals surface area (Å²) in [5.41, 5.74) is 0. The Morgan fingerprint density at radius 2 is 1.43 bits per heavy atom. The first-order valence-corrected chi connectivity index (χ1v) is 10.5. The molecular weight excluding hydrogens is 281 g/mol. The first-order valence-electron chi connectivity index (χ1n) is 7.98. The number of unbranched alkanes of at least 4 members (excludes halogenated alkanes) is 3. The summed E-state index contributed by atoms with van der Waals surface area (Å²) in [5.74, 6) is 0. The van der Waals surface area contributed by atoms with Crippen LogP contribution in [-0.2, 0) is 4.74 Å². The number of methoxy groups -OCH3 is 1. The average Bonchev–Trinajstić information content (AvgIpc) is 2.50. The summed E-state index contributed by atoms with van der Waals surface area (Å²) in [7, 11) is 1.12. The Labute approximate surface area is 131 Å². The van der Waals surface area contributed by atoms with Crippen LogP contribution in [0.3, 0.4) is 0 Å². The number of rotatable bonds is 11. The van der Waals surface area contributed by atoms with Crippen LogP contribution < -0.4 is 0 Å². The van der Waals surface area contributed by atoms with Crippen LogP contribution in [0.4, 0.5) is 0 Å². The average molecular weight is 313 g/mol. The molecule has 0 amide bonds. The second-order valence-corrected chi connectivity index (χ2v) is 9.59. The van der Waals surface area contributed by atoms with E-state index in [0.717, 1.165) is 6.35 Å². The highest BCUT2D eigenvalue weighted by Crippen LogP contribution is 2.60. The largest absolute Gasteiger partial charge is 0.422 e. The zero-order valence-electron chi connectivity index (χ0n) is 14.3. The summed E-state index contributed by atoms with van der Waals surface area (Å²) < 4.78 is 5.55. The summed E-state index contributed by atoms with van der Waals surface area (Å²) in [5, 5.41) is 14.9. The number of aliphatic imine (C=N–C) groups is 1. The van der Waals surface area contributed by atoms with Crippen molar-refractivity contribution in [3.05, 3.63) is 5.41 Å². The van der Waals surface area contributed by atoms with Gasteiger partial charge in [0.2, 0.25) is 0 Å². The lowest BCUT2D eigenvalue weighted by Crippen LogP contribution is -2.13. The van der Waals surface area contributed by atoms with E-state index in [9.17, 15) is 0 Å². The Kier molecular flexibility index (Phi) is 18.6. The second-order valence-electron chi connectivity index (χ2n) is 5.30. The van der Waals surface area contributed by atoms with Crippen molar-refractivity contribution in [1.29, 1.82) is 5.26 Å². The van der Waals surface area contributed by atoms with Gasteiger partial charge in [0.25, 0.3) is 0 Å². The summed E-state index contributed by atoms with van der Waals surface area (Å²) in [4.78, 5) is 2.58.